The maximum absolute atomic E-state index is 2.48. The third-order valence-electron chi connectivity index (χ3n) is 24.9. The molecule has 0 atom stereocenters. The van der Waals surface area contributed by atoms with Crippen molar-refractivity contribution < 1.29 is 0 Å². The molecule has 124 heavy (non-hydrogen) atoms. The summed E-state index contributed by atoms with van der Waals surface area (Å²) in [6.07, 6.45) is 6.72. The number of hydrogen-bond donors (Lipinski definition) is 0. The van der Waals surface area contributed by atoms with E-state index in [0.29, 0.717) is 0 Å². The summed E-state index contributed by atoms with van der Waals surface area (Å²) in [7, 11) is 0. The summed E-state index contributed by atoms with van der Waals surface area (Å²) in [4.78, 5) is 0. The highest BCUT2D eigenvalue weighted by Gasteiger charge is 2.24. The zero-order valence-corrected chi connectivity index (χ0v) is 69.9. The summed E-state index contributed by atoms with van der Waals surface area (Å²) in [6.45, 7) is 8.70. The van der Waals surface area contributed by atoms with Crippen LogP contribution in [0.25, 0.3) is 195 Å². The summed E-state index contributed by atoms with van der Waals surface area (Å²) < 4.78 is 9.89. The molecule has 1 aliphatic carbocycles. The molecule has 4 aromatic heterocycles. The van der Waals surface area contributed by atoms with Crippen LogP contribution in [0.15, 0.2) is 455 Å². The van der Waals surface area contributed by atoms with Gasteiger partial charge in [0.15, 0.2) is 0 Å². The van der Waals surface area contributed by atoms with E-state index in [-0.39, 0.29) is 0 Å². The van der Waals surface area contributed by atoms with E-state index < -0.39 is 0 Å². The SMILES string of the molecule is CC1=CC=C(c2cc3cc4c(cc(-c5ccc(C)cc5)n4-c4ccc(-c5ccc(-c6ccccc6)cc5)cc4)cc3n2-c2ccc(-c3ccc(-c4ccccc4)cc3)cc2)CC1.Cc1ccc(-c2cc3cc4c(cc(-c5ccc(C)cc5)n4-c4cc(-c5ccccc5)cc(-c5ccccc5)c4)cc3n2-c2cc(-c3ccccc3)cc(-c3ccccc3)c2)cc1. The first-order valence-electron chi connectivity index (χ1n) is 43.1. The fourth-order valence-electron chi connectivity index (χ4n) is 18.2. The van der Waals surface area contributed by atoms with Crippen molar-refractivity contribution in [3.63, 3.8) is 0 Å². The molecular weight excluding hydrogens is 1500 g/mol. The predicted octanol–water partition coefficient (Wildman–Crippen LogP) is 32.5. The van der Waals surface area contributed by atoms with Crippen molar-refractivity contribution >= 4 is 49.2 Å². The molecule has 4 nitrogen and oxygen atoms in total. The molecule has 22 rings (SSSR count). The first-order chi connectivity index (χ1) is 61.0. The summed E-state index contributed by atoms with van der Waals surface area (Å²) in [5.41, 5.74) is 43.3. The van der Waals surface area contributed by atoms with Crippen LogP contribution in [0.3, 0.4) is 0 Å². The molecule has 0 unspecified atom stereocenters. The first kappa shape index (κ1) is 75.8. The Morgan fingerprint density at radius 3 is 0.637 bits per heavy atom. The van der Waals surface area contributed by atoms with E-state index in [1.165, 1.54) is 178 Å². The van der Waals surface area contributed by atoms with E-state index in [1.807, 2.05) is 0 Å². The standard InChI is InChI=1S/C60H44N2.C60H46N2/c1-41-23-27-47(28-24-41)57-37-53-39-60-54(40-59(53)61(57)55-33-49(43-15-7-3-8-16-43)31-50(34-55)44-17-9-4-10-18-44)38-58(48-29-25-42(2)26-30-48)62(60)56-35-51(45-19-11-5-12-20-45)32-52(36-56)46-21-13-6-14-22-46;1-41-13-17-51(18-14-41)57-37-53-39-60-54(40-59(53)61(57)55-33-29-49(30-34-55)47-25-21-45(22-26-47)43-9-5-3-6-10-43)38-58(52-19-15-42(2)16-20-52)62(60)56-35-31-50(32-36-56)48-27-23-46(24-28-48)44-11-7-4-8-12-44/h3-40H,1-2H3;3-15,17-19,21-40H,16,20H2,1-2H3. The number of hydrogen-bond acceptors (Lipinski definition) is 0. The van der Waals surface area contributed by atoms with Crippen LogP contribution in [0, 0.1) is 20.8 Å². The zero-order chi connectivity index (χ0) is 83.1. The second-order valence-corrected chi connectivity index (χ2v) is 33.2. The lowest BCUT2D eigenvalue weighted by Gasteiger charge is -2.17. The lowest BCUT2D eigenvalue weighted by molar-refractivity contribution is 0.957. The zero-order valence-electron chi connectivity index (χ0n) is 69.9. The van der Waals surface area contributed by atoms with Gasteiger partial charge in [-0.3, -0.25) is 0 Å². The highest BCUT2D eigenvalue weighted by atomic mass is 15.0. The highest BCUT2D eigenvalue weighted by Crippen LogP contribution is 2.45. The van der Waals surface area contributed by atoms with Gasteiger partial charge in [-0.15, -0.1) is 0 Å². The van der Waals surface area contributed by atoms with Crippen molar-refractivity contribution in [3.05, 3.63) is 477 Å². The third kappa shape index (κ3) is 15.0. The number of nitrogens with zero attached hydrogens (tertiary/aromatic N) is 4. The Bertz CT molecular complexity index is 7190. The Hall–Kier alpha value is -15.6. The fraction of sp³-hybridized carbons (Fsp3) is 0.0500. The van der Waals surface area contributed by atoms with E-state index >= 15 is 0 Å². The minimum Gasteiger partial charge on any atom is -0.310 e. The summed E-state index contributed by atoms with van der Waals surface area (Å²) in [6, 6.07) is 160. The van der Waals surface area contributed by atoms with Gasteiger partial charge in [0.1, 0.15) is 0 Å². The van der Waals surface area contributed by atoms with E-state index in [2.05, 4.69) is 495 Å². The van der Waals surface area contributed by atoms with Crippen LogP contribution in [0.2, 0.25) is 0 Å². The molecule has 0 fully saturated rings. The Balaban J connectivity index is 0.000000152. The van der Waals surface area contributed by atoms with Crippen LogP contribution >= 0.6 is 0 Å². The van der Waals surface area contributed by atoms with Gasteiger partial charge < -0.3 is 18.3 Å². The second-order valence-electron chi connectivity index (χ2n) is 33.2. The van der Waals surface area contributed by atoms with E-state index in [1.54, 1.807) is 0 Å². The average molecular weight is 1590 g/mol. The van der Waals surface area contributed by atoms with Crippen LogP contribution in [-0.2, 0) is 0 Å². The molecule has 4 heterocycles. The van der Waals surface area contributed by atoms with Crippen LogP contribution in [0.4, 0.5) is 0 Å². The van der Waals surface area contributed by atoms with E-state index in [0.717, 1.165) is 58.0 Å². The molecule has 0 spiro atoms. The summed E-state index contributed by atoms with van der Waals surface area (Å²) in [5.74, 6) is 0. The normalized spacial score (nSPS) is 12.1. The van der Waals surface area contributed by atoms with E-state index in [9.17, 15) is 0 Å². The fourth-order valence-corrected chi connectivity index (χ4v) is 18.2. The molecule has 4 heteroatoms. The minimum atomic E-state index is 1.02. The molecule has 0 saturated carbocycles. The molecule has 0 aliphatic heterocycles. The van der Waals surface area contributed by atoms with Gasteiger partial charge >= 0.3 is 0 Å². The number of aryl methyl sites for hydroxylation is 3. The molecule has 21 aromatic rings. The minimum absolute atomic E-state index is 1.02. The molecule has 0 saturated heterocycles. The lowest BCUT2D eigenvalue weighted by Crippen LogP contribution is -2.01. The Morgan fingerprint density at radius 2 is 0.379 bits per heavy atom. The Morgan fingerprint density at radius 1 is 0.161 bits per heavy atom. The Kier molecular flexibility index (Phi) is 20.1. The van der Waals surface area contributed by atoms with Crippen LogP contribution in [0.5, 0.6) is 0 Å². The van der Waals surface area contributed by atoms with Crippen molar-refractivity contribution in [2.45, 2.75) is 40.5 Å². The summed E-state index contributed by atoms with van der Waals surface area (Å²) >= 11 is 0. The van der Waals surface area contributed by atoms with Crippen molar-refractivity contribution in [3.8, 4) is 146 Å². The van der Waals surface area contributed by atoms with Gasteiger partial charge in [-0.2, -0.15) is 0 Å². The number of benzene rings is 17. The maximum atomic E-state index is 2.48. The summed E-state index contributed by atoms with van der Waals surface area (Å²) in [5, 5.41) is 4.79. The largest absolute Gasteiger partial charge is 0.310 e. The van der Waals surface area contributed by atoms with Crippen molar-refractivity contribution in [1.29, 1.82) is 0 Å². The molecule has 0 amide bonds. The smallest absolute Gasteiger partial charge is 0.0542 e. The van der Waals surface area contributed by atoms with Gasteiger partial charge in [0.05, 0.1) is 44.8 Å². The quantitative estimate of drug-likeness (QED) is 0.0919. The predicted molar refractivity (Wildman–Crippen MR) is 525 cm³/mol. The number of allylic oxidation sites excluding steroid dienone is 4. The van der Waals surface area contributed by atoms with E-state index in [4.69, 9.17) is 0 Å². The lowest BCUT2D eigenvalue weighted by atomic mass is 9.97. The van der Waals surface area contributed by atoms with Crippen LogP contribution in [-0.4, -0.2) is 18.3 Å². The molecule has 17 aromatic carbocycles. The molecular formula is C120H90N4. The van der Waals surface area contributed by atoms with Gasteiger partial charge in [0.25, 0.3) is 0 Å². The molecule has 0 bridgehead atoms. The van der Waals surface area contributed by atoms with Gasteiger partial charge in [0, 0.05) is 44.3 Å². The third-order valence-corrected chi connectivity index (χ3v) is 24.9. The topological polar surface area (TPSA) is 19.7 Å². The molecule has 590 valence electrons. The van der Waals surface area contributed by atoms with Crippen molar-refractivity contribution in [2.24, 2.45) is 0 Å². The van der Waals surface area contributed by atoms with Gasteiger partial charge in [-0.1, -0.05) is 362 Å². The number of aromatic nitrogens is 4. The van der Waals surface area contributed by atoms with Crippen LogP contribution in [0.1, 0.15) is 42.1 Å². The second kappa shape index (κ2) is 32.8. The highest BCUT2D eigenvalue weighted by molar-refractivity contribution is 6.05. The molecule has 0 N–H and O–H groups in total. The Labute approximate surface area is 725 Å². The number of fused-ring (bicyclic) bond motifs is 4. The molecule has 1 aliphatic rings. The van der Waals surface area contributed by atoms with Gasteiger partial charge in [-0.05, 0) is 261 Å². The van der Waals surface area contributed by atoms with Gasteiger partial charge in [-0.25, -0.2) is 0 Å². The monoisotopic (exact) mass is 1590 g/mol. The van der Waals surface area contributed by atoms with Gasteiger partial charge in [0.2, 0.25) is 0 Å². The first-order valence-corrected chi connectivity index (χ1v) is 43.1. The van der Waals surface area contributed by atoms with Crippen molar-refractivity contribution in [2.75, 3.05) is 0 Å². The average Bonchev–Trinajstić information content (AvgIpc) is 1.58. The molecule has 0 radical (unpaired) electrons. The van der Waals surface area contributed by atoms with Crippen molar-refractivity contribution in [1.82, 2.24) is 18.3 Å². The van der Waals surface area contributed by atoms with Crippen LogP contribution < -0.4 is 0 Å². The maximum Gasteiger partial charge on any atom is 0.0542 e. The number of rotatable bonds is 16.